The number of nitrogens with zero attached hydrogens (tertiary/aromatic N) is 4. The molecule has 1 saturated carbocycles. The molecule has 5 aliphatic rings. The van der Waals surface area contributed by atoms with Crippen molar-refractivity contribution >= 4 is 67.4 Å². The number of fused-ring (bicyclic) bond motifs is 10. The Labute approximate surface area is 464 Å². The Morgan fingerprint density at radius 2 is 1.16 bits per heavy atom. The summed E-state index contributed by atoms with van der Waals surface area (Å²) in [5.41, 5.74) is 21.7. The van der Waals surface area contributed by atoms with Crippen LogP contribution in [0.5, 0.6) is 11.5 Å². The number of pyridine rings is 1. The minimum absolute atomic E-state index is 0.0461. The van der Waals surface area contributed by atoms with E-state index >= 15 is 0 Å². The standard InChI is InChI=1S/C71H57IN4O/c1-69(2,3)49-36-37-73-61(42-49)74-55-34-32-46(43-20-10-7-11-21-43)41-54(55)53-33-35-59-62(67(53)74)64-65-68-75(56-28-16-17-29-57(56)76(68,72)58-30-19-31-60(77-59)63(58)71(64,65)73)66-51(45-24-14-9-15-25-45)26-18-27-52(66)48-38-47(44-22-12-8-13-23-44)39-50(40-48)70(4,5)6/h7-42,64-65,68H,1-6H3/q+2. The van der Waals surface area contributed by atoms with Crippen LogP contribution in [0.1, 0.15) is 69.7 Å². The Morgan fingerprint density at radius 3 is 1.88 bits per heavy atom. The van der Waals surface area contributed by atoms with Gasteiger partial charge in [0.2, 0.25) is 0 Å². The van der Waals surface area contributed by atoms with Crippen LogP contribution >= 0.6 is 22.9 Å². The molecule has 6 heteroatoms. The van der Waals surface area contributed by atoms with Gasteiger partial charge in [0.15, 0.2) is 23.1 Å². The number of ether oxygens (including phenoxy) is 1. The van der Waals surface area contributed by atoms with E-state index in [1.807, 2.05) is 0 Å². The molecule has 9 aromatic carbocycles. The van der Waals surface area contributed by atoms with Crippen LogP contribution in [0, 0.1) is 5.92 Å². The lowest BCUT2D eigenvalue weighted by Gasteiger charge is -2.42. The van der Waals surface area contributed by atoms with E-state index in [2.05, 4.69) is 297 Å². The molecule has 0 N–H and O–H groups in total. The number of halogens is 1. The molecule has 2 aromatic heterocycles. The second-order valence-electron chi connectivity index (χ2n) is 24.2. The van der Waals surface area contributed by atoms with Crippen molar-refractivity contribution in [3.05, 3.63) is 241 Å². The molecule has 1 fully saturated rings. The minimum Gasteiger partial charge on any atom is -0.456 e. The van der Waals surface area contributed by atoms with Gasteiger partial charge in [-0.2, -0.15) is 7.26 Å². The maximum absolute atomic E-state index is 7.49. The quantitative estimate of drug-likeness (QED) is 0.0973. The summed E-state index contributed by atoms with van der Waals surface area (Å²) in [7, 11) is 0. The van der Waals surface area contributed by atoms with E-state index in [0.717, 1.165) is 11.5 Å². The largest absolute Gasteiger partial charge is 0.456 e. The molecule has 6 heterocycles. The highest BCUT2D eigenvalue weighted by molar-refractivity contribution is 14.1. The minimum atomic E-state index is -0.515. The van der Waals surface area contributed by atoms with Gasteiger partial charge in [0.05, 0.1) is 29.3 Å². The molecule has 4 aliphatic heterocycles. The molecule has 1 aliphatic carbocycles. The lowest BCUT2D eigenvalue weighted by atomic mass is 9.82. The second kappa shape index (κ2) is 15.7. The van der Waals surface area contributed by atoms with Crippen molar-refractivity contribution in [2.24, 2.45) is 5.92 Å². The molecule has 0 amide bonds. The van der Waals surface area contributed by atoms with Gasteiger partial charge in [-0.05, 0) is 104 Å². The molecule has 5 unspecified atom stereocenters. The molecule has 16 rings (SSSR count). The zero-order chi connectivity index (χ0) is 51.9. The van der Waals surface area contributed by atoms with Gasteiger partial charge in [-0.25, -0.2) is 4.57 Å². The predicted molar refractivity (Wildman–Crippen MR) is 324 cm³/mol. The Kier molecular flexibility index (Phi) is 9.25. The second-order valence-corrected chi connectivity index (χ2v) is 25.7. The SMILES string of the molecule is CC(C)(C)c1cc(-c2ccccc2)cc(-c2cccc(-c3ccccc3)c2N2c3ccccc3[N+]3(I)c4cccc5c4C46C(c7c(ccc8c9cc(-c%10ccccc%10)ccc9n(c78)-c7cc(C(C)(C)C)cc[n+]74)O5)C6C23)c1. The maximum Gasteiger partial charge on any atom is 0.288 e. The van der Waals surface area contributed by atoms with Crippen molar-refractivity contribution in [1.82, 2.24) is 7.26 Å². The van der Waals surface area contributed by atoms with E-state index in [4.69, 9.17) is 4.74 Å². The summed E-state index contributed by atoms with van der Waals surface area (Å²) in [6, 6.07) is 80.2. The normalized spacial score (nSPS) is 21.0. The number of rotatable bonds is 5. The first-order valence-electron chi connectivity index (χ1n) is 27.3. The molecule has 0 saturated heterocycles. The average Bonchev–Trinajstić information content (AvgIpc) is 2.24. The number of para-hydroxylation sites is 3. The molecule has 372 valence electrons. The summed E-state index contributed by atoms with van der Waals surface area (Å²) < 4.78 is 13.4. The van der Waals surface area contributed by atoms with Gasteiger partial charge in [0.1, 0.15) is 33.8 Å². The lowest BCUT2D eigenvalue weighted by molar-refractivity contribution is -0.728. The van der Waals surface area contributed by atoms with E-state index in [-0.39, 0.29) is 28.8 Å². The number of hydrogen-bond acceptors (Lipinski definition) is 2. The molecule has 5 nitrogen and oxygen atoms in total. The number of benzene rings is 9. The third-order valence-electron chi connectivity index (χ3n) is 18.0. The molecule has 1 spiro atoms. The lowest BCUT2D eigenvalue weighted by Crippen LogP contribution is -2.61. The summed E-state index contributed by atoms with van der Waals surface area (Å²) in [4.78, 5) is 2.83. The summed E-state index contributed by atoms with van der Waals surface area (Å²) in [6.07, 6.45) is 2.37. The van der Waals surface area contributed by atoms with Crippen molar-refractivity contribution < 1.29 is 9.30 Å². The van der Waals surface area contributed by atoms with Crippen LogP contribution in [-0.2, 0) is 16.4 Å². The number of aromatic nitrogens is 2. The van der Waals surface area contributed by atoms with Crippen LogP contribution in [0.3, 0.4) is 0 Å². The summed E-state index contributed by atoms with van der Waals surface area (Å²) >= 11 is 2.88. The highest BCUT2D eigenvalue weighted by Crippen LogP contribution is 2.81. The predicted octanol–water partition coefficient (Wildman–Crippen LogP) is 18.4. The Hall–Kier alpha value is -7.78. The summed E-state index contributed by atoms with van der Waals surface area (Å²) in [5.74, 6) is 3.23. The zero-order valence-corrected chi connectivity index (χ0v) is 46.2. The fraction of sp³-hybridized carbons (Fsp3) is 0.169. The Balaban J connectivity index is 1.03. The number of hydrogen-bond donors (Lipinski definition) is 0. The van der Waals surface area contributed by atoms with Gasteiger partial charge in [0, 0.05) is 40.1 Å². The van der Waals surface area contributed by atoms with Crippen LogP contribution in [0.2, 0.25) is 0 Å². The van der Waals surface area contributed by atoms with Crippen LogP contribution < -0.4 is 16.9 Å². The maximum atomic E-state index is 7.49. The monoisotopic (exact) mass is 1110 g/mol. The molecule has 77 heavy (non-hydrogen) atoms. The fourth-order valence-corrected chi connectivity index (χ4v) is 15.9. The fourth-order valence-electron chi connectivity index (χ4n) is 14.5. The van der Waals surface area contributed by atoms with Gasteiger partial charge in [0.25, 0.3) is 28.7 Å². The van der Waals surface area contributed by atoms with Gasteiger partial charge in [-0.1, -0.05) is 187 Å². The van der Waals surface area contributed by atoms with Crippen molar-refractivity contribution in [3.63, 3.8) is 0 Å². The average molecular weight is 1110 g/mol. The Morgan fingerprint density at radius 1 is 0.519 bits per heavy atom. The highest BCUT2D eigenvalue weighted by atomic mass is 127. The Bertz CT molecular complexity index is 4320. The van der Waals surface area contributed by atoms with Gasteiger partial charge in [-0.15, -0.1) is 0 Å². The molecule has 11 aromatic rings. The first kappa shape index (κ1) is 45.4. The third-order valence-corrected chi connectivity index (χ3v) is 19.6. The summed E-state index contributed by atoms with van der Waals surface area (Å²) in [6.45, 7) is 14.1. The van der Waals surface area contributed by atoms with Gasteiger partial charge in [-0.3, -0.25) is 4.90 Å². The van der Waals surface area contributed by atoms with Gasteiger partial charge >= 0.3 is 0 Å². The molecular formula is C71H57IN4O+2. The molecule has 5 atom stereocenters. The first-order chi connectivity index (χ1) is 37.3. The number of quaternary nitrogens is 1. The highest BCUT2D eigenvalue weighted by Gasteiger charge is 2.87. The van der Waals surface area contributed by atoms with Crippen molar-refractivity contribution in [2.45, 2.75) is 70.0 Å². The molecule has 0 radical (unpaired) electrons. The summed E-state index contributed by atoms with van der Waals surface area (Å²) in [5, 5.41) is 2.51. The van der Waals surface area contributed by atoms with Crippen LogP contribution in [-0.4, -0.2) is 10.7 Å². The van der Waals surface area contributed by atoms with E-state index in [1.165, 1.54) is 117 Å². The van der Waals surface area contributed by atoms with E-state index < -0.39 is 5.54 Å². The van der Waals surface area contributed by atoms with E-state index in [9.17, 15) is 0 Å². The first-order valence-corrected chi connectivity index (χ1v) is 28.2. The van der Waals surface area contributed by atoms with Crippen molar-refractivity contribution in [2.75, 3.05) is 4.90 Å². The van der Waals surface area contributed by atoms with Crippen LogP contribution in [0.4, 0.5) is 22.7 Å². The smallest absolute Gasteiger partial charge is 0.288 e. The van der Waals surface area contributed by atoms with Crippen LogP contribution in [0.25, 0.3) is 72.1 Å². The zero-order valence-electron chi connectivity index (χ0n) is 44.1. The van der Waals surface area contributed by atoms with Crippen molar-refractivity contribution in [3.8, 4) is 61.8 Å². The third kappa shape index (κ3) is 6.06. The number of anilines is 2. The van der Waals surface area contributed by atoms with Crippen LogP contribution in [0.15, 0.2) is 219 Å². The molecule has 2 bridgehead atoms. The van der Waals surface area contributed by atoms with E-state index in [0.29, 0.717) is 2.70 Å². The van der Waals surface area contributed by atoms with Gasteiger partial charge < -0.3 is 4.74 Å². The van der Waals surface area contributed by atoms with E-state index in [1.54, 1.807) is 0 Å². The van der Waals surface area contributed by atoms with Crippen molar-refractivity contribution in [1.29, 1.82) is 0 Å². The topological polar surface area (TPSA) is 21.3 Å². The molecular weight excluding hydrogens is 1050 g/mol.